The van der Waals surface area contributed by atoms with E-state index in [1.807, 2.05) is 12.3 Å². The molecule has 8 heteroatoms. The van der Waals surface area contributed by atoms with E-state index in [0.717, 1.165) is 55.0 Å². The van der Waals surface area contributed by atoms with Gasteiger partial charge in [0, 0.05) is 25.7 Å². The highest BCUT2D eigenvalue weighted by molar-refractivity contribution is 5.93. The lowest BCUT2D eigenvalue weighted by Gasteiger charge is -2.33. The van der Waals surface area contributed by atoms with Crippen LogP contribution in [0.2, 0.25) is 0 Å². The number of fused-ring (bicyclic) bond motifs is 1. The first-order valence-corrected chi connectivity index (χ1v) is 8.29. The number of hydrogen-bond acceptors (Lipinski definition) is 7. The van der Waals surface area contributed by atoms with Crippen molar-refractivity contribution in [3.8, 4) is 6.01 Å². The molecule has 0 aromatic carbocycles. The maximum atomic E-state index is 5.43. The van der Waals surface area contributed by atoms with Gasteiger partial charge < -0.3 is 9.47 Å². The van der Waals surface area contributed by atoms with Gasteiger partial charge >= 0.3 is 6.01 Å². The molecule has 1 atom stereocenters. The minimum atomic E-state index is 0.114. The summed E-state index contributed by atoms with van der Waals surface area (Å²) in [6.45, 7) is 8.79. The molecule has 8 nitrogen and oxygen atoms in total. The number of H-pyrrole nitrogens is 1. The summed E-state index contributed by atoms with van der Waals surface area (Å²) < 4.78 is 10.9. The second-order valence-corrected chi connectivity index (χ2v) is 6.11. The minimum absolute atomic E-state index is 0.114. The molecule has 0 spiro atoms. The molecule has 1 saturated heterocycles. The highest BCUT2D eigenvalue weighted by Gasteiger charge is 2.25. The van der Waals surface area contributed by atoms with Crippen molar-refractivity contribution in [1.82, 2.24) is 25.1 Å². The number of morpholine rings is 1. The quantitative estimate of drug-likeness (QED) is 0.854. The number of aromatic amines is 1. The Hall–Kier alpha value is -2.58. The minimum Gasteiger partial charge on any atom is -0.430 e. The molecule has 0 amide bonds. The van der Waals surface area contributed by atoms with E-state index in [9.17, 15) is 0 Å². The van der Waals surface area contributed by atoms with E-state index in [2.05, 4.69) is 36.6 Å². The molecule has 0 saturated carbocycles. The molecule has 25 heavy (non-hydrogen) atoms. The van der Waals surface area contributed by atoms with Crippen molar-refractivity contribution >= 4 is 22.8 Å². The van der Waals surface area contributed by atoms with Crippen LogP contribution < -0.4 is 4.74 Å². The van der Waals surface area contributed by atoms with Gasteiger partial charge in [-0.05, 0) is 18.6 Å². The normalized spacial score (nSPS) is 21.3. The molecule has 1 N–H and O–H groups in total. The molecule has 0 radical (unpaired) electrons. The average Bonchev–Trinajstić information content (AvgIpc) is 3.05. The van der Waals surface area contributed by atoms with E-state index >= 15 is 0 Å². The highest BCUT2D eigenvalue weighted by Crippen LogP contribution is 2.29. The van der Waals surface area contributed by atoms with Crippen LogP contribution in [0, 0.1) is 0 Å². The fourth-order valence-electron chi connectivity index (χ4n) is 3.05. The highest BCUT2D eigenvalue weighted by atomic mass is 16.5. The molecule has 130 valence electrons. The summed E-state index contributed by atoms with van der Waals surface area (Å²) in [7, 11) is 0. The van der Waals surface area contributed by atoms with E-state index in [0.29, 0.717) is 5.76 Å². The maximum Gasteiger partial charge on any atom is 0.322 e. The van der Waals surface area contributed by atoms with Crippen LogP contribution in [-0.4, -0.2) is 63.7 Å². The van der Waals surface area contributed by atoms with Crippen molar-refractivity contribution in [2.24, 2.45) is 4.99 Å². The fourth-order valence-corrected chi connectivity index (χ4v) is 3.05. The summed E-state index contributed by atoms with van der Waals surface area (Å²) in [4.78, 5) is 15.6. The predicted octanol–water partition coefficient (Wildman–Crippen LogP) is 1.78. The van der Waals surface area contributed by atoms with Crippen LogP contribution in [0.25, 0.3) is 16.6 Å². The number of ether oxygens (including phenoxy) is 2. The van der Waals surface area contributed by atoms with Crippen molar-refractivity contribution in [2.45, 2.75) is 19.5 Å². The first kappa shape index (κ1) is 15.9. The Bertz CT molecular complexity index is 850. The molecule has 1 fully saturated rings. The van der Waals surface area contributed by atoms with Crippen molar-refractivity contribution in [3.05, 3.63) is 30.3 Å². The Morgan fingerprint density at radius 3 is 3.04 bits per heavy atom. The van der Waals surface area contributed by atoms with Gasteiger partial charge in [-0.1, -0.05) is 6.58 Å². The van der Waals surface area contributed by atoms with Crippen LogP contribution in [0.1, 0.15) is 19.0 Å². The number of rotatable bonds is 4. The lowest BCUT2D eigenvalue weighted by Crippen LogP contribution is -2.43. The van der Waals surface area contributed by atoms with Gasteiger partial charge in [0.2, 0.25) is 0 Å². The number of nitrogens with one attached hydrogen (secondary N) is 1. The van der Waals surface area contributed by atoms with Gasteiger partial charge in [0.25, 0.3) is 0 Å². The summed E-state index contributed by atoms with van der Waals surface area (Å²) in [5.74, 6) is 0.542. The van der Waals surface area contributed by atoms with Crippen LogP contribution in [0.4, 0.5) is 0 Å². The zero-order valence-electron chi connectivity index (χ0n) is 14.1. The third-order valence-corrected chi connectivity index (χ3v) is 4.25. The first-order valence-electron chi connectivity index (χ1n) is 8.29. The number of hydrogen-bond donors (Lipinski definition) is 1. The zero-order chi connectivity index (χ0) is 17.2. The Labute approximate surface area is 145 Å². The van der Waals surface area contributed by atoms with Gasteiger partial charge in [-0.25, -0.2) is 4.98 Å². The molecule has 4 rings (SSSR count). The lowest BCUT2D eigenvalue weighted by molar-refractivity contribution is 0.0193. The van der Waals surface area contributed by atoms with E-state index < -0.39 is 0 Å². The lowest BCUT2D eigenvalue weighted by atomic mass is 10.0. The third kappa shape index (κ3) is 3.31. The van der Waals surface area contributed by atoms with Gasteiger partial charge in [0.05, 0.1) is 25.2 Å². The molecule has 0 bridgehead atoms. The summed E-state index contributed by atoms with van der Waals surface area (Å²) in [5, 5.41) is 7.43. The van der Waals surface area contributed by atoms with Crippen LogP contribution in [0.15, 0.2) is 29.6 Å². The standard InChI is InChI=1S/C17H20N6O2/c1-11(2)25-17-19-10-13-16(20-17)15(22-21-13)12-3-4-18-14(9-12)23-5-7-24-8-6-23/h3-4,10,14H,1,5-9H2,2H3,(H,21,22). The largest absolute Gasteiger partial charge is 0.430 e. The Kier molecular flexibility index (Phi) is 4.29. The molecule has 2 aromatic rings. The van der Waals surface area contributed by atoms with E-state index in [4.69, 9.17) is 9.47 Å². The predicted molar refractivity (Wildman–Crippen MR) is 94.4 cm³/mol. The number of nitrogens with zero attached hydrogens (tertiary/aromatic N) is 5. The van der Waals surface area contributed by atoms with Gasteiger partial charge in [-0.15, -0.1) is 0 Å². The Morgan fingerprint density at radius 2 is 2.24 bits per heavy atom. The summed E-state index contributed by atoms with van der Waals surface area (Å²) in [6, 6.07) is 0.275. The van der Waals surface area contributed by atoms with Crippen LogP contribution in [0.5, 0.6) is 6.01 Å². The van der Waals surface area contributed by atoms with E-state index in [-0.39, 0.29) is 12.2 Å². The van der Waals surface area contributed by atoms with Gasteiger partial charge in [0.1, 0.15) is 22.9 Å². The molecule has 0 aliphatic carbocycles. The molecule has 2 aliphatic heterocycles. The van der Waals surface area contributed by atoms with Gasteiger partial charge in [0.15, 0.2) is 0 Å². The van der Waals surface area contributed by atoms with E-state index in [1.165, 1.54) is 0 Å². The number of aliphatic imine (C=N–C) groups is 1. The summed E-state index contributed by atoms with van der Waals surface area (Å²) in [5.41, 5.74) is 3.43. The number of dihydropyridines is 1. The SMILES string of the molecule is C=C(C)Oc1ncc2[nH]nc(C3=CC=NC(N4CCOCC4)C3)c2n1. The van der Waals surface area contributed by atoms with Crippen molar-refractivity contribution in [2.75, 3.05) is 26.3 Å². The monoisotopic (exact) mass is 340 g/mol. The van der Waals surface area contributed by atoms with Crippen LogP contribution >= 0.6 is 0 Å². The second kappa shape index (κ2) is 6.73. The van der Waals surface area contributed by atoms with Crippen molar-refractivity contribution in [1.29, 1.82) is 0 Å². The molecule has 1 unspecified atom stereocenters. The van der Waals surface area contributed by atoms with Crippen molar-refractivity contribution < 1.29 is 9.47 Å². The molecular weight excluding hydrogens is 320 g/mol. The van der Waals surface area contributed by atoms with Gasteiger partial charge in [-0.3, -0.25) is 15.0 Å². The summed E-state index contributed by atoms with van der Waals surface area (Å²) in [6.07, 6.45) is 6.43. The molecule has 4 heterocycles. The Balaban J connectivity index is 1.61. The van der Waals surface area contributed by atoms with Crippen LogP contribution in [-0.2, 0) is 4.74 Å². The second-order valence-electron chi connectivity index (χ2n) is 6.11. The fraction of sp³-hybridized carbons (Fsp3) is 0.412. The molecule has 2 aromatic heterocycles. The van der Waals surface area contributed by atoms with Crippen molar-refractivity contribution in [3.63, 3.8) is 0 Å². The molecular formula is C17H20N6O2. The Morgan fingerprint density at radius 1 is 1.40 bits per heavy atom. The first-order chi connectivity index (χ1) is 12.2. The van der Waals surface area contributed by atoms with E-state index in [1.54, 1.807) is 13.1 Å². The number of aromatic nitrogens is 4. The smallest absolute Gasteiger partial charge is 0.322 e. The van der Waals surface area contributed by atoms with Crippen LogP contribution in [0.3, 0.4) is 0 Å². The summed E-state index contributed by atoms with van der Waals surface area (Å²) >= 11 is 0. The zero-order valence-corrected chi connectivity index (χ0v) is 14.1. The topological polar surface area (TPSA) is 88.5 Å². The van der Waals surface area contributed by atoms with Gasteiger partial charge in [-0.2, -0.15) is 10.1 Å². The average molecular weight is 340 g/mol. The third-order valence-electron chi connectivity index (χ3n) is 4.25. The maximum absolute atomic E-state index is 5.43. The number of allylic oxidation sites excluding steroid dienone is 2. The molecule has 2 aliphatic rings.